The van der Waals surface area contributed by atoms with Gasteiger partial charge >= 0.3 is 5.97 Å². The van der Waals surface area contributed by atoms with Gasteiger partial charge in [0, 0.05) is 27.9 Å². The molecule has 0 N–H and O–H groups in total. The maximum absolute atomic E-state index is 12.1. The largest absolute Gasteiger partial charge is 0.458 e. The molecule has 0 aliphatic rings. The van der Waals surface area contributed by atoms with Crippen LogP contribution in [0.15, 0.2) is 54.6 Å². The van der Waals surface area contributed by atoms with Crippen molar-refractivity contribution in [3.8, 4) is 6.07 Å². The zero-order chi connectivity index (χ0) is 20.8. The van der Waals surface area contributed by atoms with Crippen molar-refractivity contribution < 1.29 is 9.53 Å². The second kappa shape index (κ2) is 9.22. The molecule has 0 unspecified atom stereocenters. The molecule has 146 valence electrons. The average molecular weight is 406 g/mol. The molecule has 1 aromatic heterocycles. The van der Waals surface area contributed by atoms with Gasteiger partial charge in [0.1, 0.15) is 6.61 Å². The van der Waals surface area contributed by atoms with E-state index < -0.39 is 5.97 Å². The third kappa shape index (κ3) is 4.92. The van der Waals surface area contributed by atoms with E-state index in [-0.39, 0.29) is 6.61 Å². The lowest BCUT2D eigenvalue weighted by Gasteiger charge is -2.06. The van der Waals surface area contributed by atoms with Crippen LogP contribution in [-0.4, -0.2) is 15.7 Å². The first-order valence-electron chi connectivity index (χ1n) is 9.10. The molecule has 0 fully saturated rings. The van der Waals surface area contributed by atoms with Crippen molar-refractivity contribution in [1.29, 1.82) is 5.26 Å². The number of halogens is 1. The van der Waals surface area contributed by atoms with E-state index in [2.05, 4.69) is 11.2 Å². The molecule has 0 amide bonds. The monoisotopic (exact) mass is 405 g/mol. The number of esters is 1. The Morgan fingerprint density at radius 1 is 1.17 bits per heavy atom. The van der Waals surface area contributed by atoms with E-state index in [4.69, 9.17) is 21.6 Å². The summed E-state index contributed by atoms with van der Waals surface area (Å²) in [5.74, 6) is -0.476. The number of hydrogen-bond donors (Lipinski definition) is 0. The van der Waals surface area contributed by atoms with Crippen LogP contribution in [0.25, 0.3) is 6.08 Å². The molecule has 0 saturated carbocycles. The van der Waals surface area contributed by atoms with Gasteiger partial charge in [-0.1, -0.05) is 48.0 Å². The maximum Gasteiger partial charge on any atom is 0.331 e. The van der Waals surface area contributed by atoms with Gasteiger partial charge in [-0.15, -0.1) is 0 Å². The number of carbonyl (C=O) groups excluding carboxylic acids is 1. The van der Waals surface area contributed by atoms with Gasteiger partial charge in [-0.05, 0) is 37.6 Å². The Bertz CT molecular complexity index is 1110. The zero-order valence-corrected chi connectivity index (χ0v) is 17.0. The molecule has 29 heavy (non-hydrogen) atoms. The predicted octanol–water partition coefficient (Wildman–Crippen LogP) is 4.83. The summed E-state index contributed by atoms with van der Waals surface area (Å²) < 4.78 is 7.13. The van der Waals surface area contributed by atoms with Gasteiger partial charge in [0.05, 0.1) is 23.9 Å². The Balaban J connectivity index is 1.69. The molecule has 1 heterocycles. The van der Waals surface area contributed by atoms with E-state index in [9.17, 15) is 4.79 Å². The first kappa shape index (κ1) is 20.4. The van der Waals surface area contributed by atoms with Crippen molar-refractivity contribution in [1.82, 2.24) is 9.78 Å². The number of benzene rings is 2. The highest BCUT2D eigenvalue weighted by Crippen LogP contribution is 2.20. The van der Waals surface area contributed by atoms with Gasteiger partial charge in [-0.25, -0.2) is 4.79 Å². The Labute approximate surface area is 174 Å². The van der Waals surface area contributed by atoms with E-state index in [1.54, 1.807) is 30.3 Å². The molecule has 0 aliphatic heterocycles. The second-order valence-electron chi connectivity index (χ2n) is 6.54. The number of hydrogen-bond acceptors (Lipinski definition) is 4. The van der Waals surface area contributed by atoms with Crippen molar-refractivity contribution in [2.75, 3.05) is 0 Å². The summed E-state index contributed by atoms with van der Waals surface area (Å²) >= 11 is 6.25. The molecule has 0 radical (unpaired) electrons. The minimum Gasteiger partial charge on any atom is -0.458 e. The first-order chi connectivity index (χ1) is 14.0. The van der Waals surface area contributed by atoms with E-state index in [1.165, 1.54) is 6.08 Å². The second-order valence-corrected chi connectivity index (χ2v) is 6.95. The number of rotatable bonds is 6. The summed E-state index contributed by atoms with van der Waals surface area (Å²) in [5.41, 5.74) is 4.76. The number of nitrogens with zero attached hydrogens (tertiary/aromatic N) is 3. The fourth-order valence-corrected chi connectivity index (χ4v) is 3.19. The normalized spacial score (nSPS) is 10.8. The summed E-state index contributed by atoms with van der Waals surface area (Å²) in [5, 5.41) is 14.4. The van der Waals surface area contributed by atoms with E-state index in [0.717, 1.165) is 22.5 Å². The molecule has 0 saturated heterocycles. The molecule has 0 aliphatic carbocycles. The third-order valence-electron chi connectivity index (χ3n) is 4.61. The van der Waals surface area contributed by atoms with Gasteiger partial charge < -0.3 is 4.74 Å². The lowest BCUT2D eigenvalue weighted by molar-refractivity contribution is -0.138. The highest BCUT2D eigenvalue weighted by atomic mass is 35.5. The van der Waals surface area contributed by atoms with Crippen molar-refractivity contribution in [2.45, 2.75) is 27.0 Å². The summed E-state index contributed by atoms with van der Waals surface area (Å²) in [6.45, 7) is 4.45. The average Bonchev–Trinajstić information content (AvgIpc) is 2.99. The molecule has 5 nitrogen and oxygen atoms in total. The molecule has 0 atom stereocenters. The van der Waals surface area contributed by atoms with Gasteiger partial charge in [0.2, 0.25) is 0 Å². The van der Waals surface area contributed by atoms with E-state index in [1.807, 2.05) is 42.8 Å². The van der Waals surface area contributed by atoms with Crippen LogP contribution in [0.1, 0.15) is 33.6 Å². The summed E-state index contributed by atoms with van der Waals surface area (Å²) in [6.07, 6.45) is 3.09. The van der Waals surface area contributed by atoms with E-state index in [0.29, 0.717) is 22.7 Å². The minimum absolute atomic E-state index is 0.0522. The predicted molar refractivity (Wildman–Crippen MR) is 112 cm³/mol. The molecular weight excluding hydrogens is 386 g/mol. The Kier molecular flexibility index (Phi) is 6.48. The first-order valence-corrected chi connectivity index (χ1v) is 9.47. The molecule has 0 spiro atoms. The topological polar surface area (TPSA) is 67.9 Å². The maximum atomic E-state index is 12.1. The van der Waals surface area contributed by atoms with E-state index >= 15 is 0 Å². The molecule has 6 heteroatoms. The number of aromatic nitrogens is 2. The minimum atomic E-state index is -0.476. The molecule has 2 aromatic carbocycles. The van der Waals surface area contributed by atoms with Crippen LogP contribution in [0.2, 0.25) is 5.02 Å². The van der Waals surface area contributed by atoms with Crippen LogP contribution in [0.3, 0.4) is 0 Å². The summed E-state index contributed by atoms with van der Waals surface area (Å²) in [7, 11) is 0. The van der Waals surface area contributed by atoms with Crippen LogP contribution < -0.4 is 0 Å². The lowest BCUT2D eigenvalue weighted by Crippen LogP contribution is -2.04. The van der Waals surface area contributed by atoms with Gasteiger partial charge in [0.15, 0.2) is 0 Å². The third-order valence-corrected chi connectivity index (χ3v) is 4.98. The van der Waals surface area contributed by atoms with Gasteiger partial charge in [-0.3, -0.25) is 4.68 Å². The van der Waals surface area contributed by atoms with Gasteiger partial charge in [-0.2, -0.15) is 10.4 Å². The van der Waals surface area contributed by atoms with Crippen LogP contribution in [-0.2, 0) is 22.7 Å². The standard InChI is InChI=1S/C23H20ClN3O2/c1-16-21(17(2)27(26-16)14-19-8-5-6-10-22(19)24)11-12-23(28)29-15-20-9-4-3-7-18(20)13-25/h3-12H,14-15H2,1-2H3. The zero-order valence-electron chi connectivity index (χ0n) is 16.2. The van der Waals surface area contributed by atoms with Crippen molar-refractivity contribution in [3.63, 3.8) is 0 Å². The smallest absolute Gasteiger partial charge is 0.331 e. The van der Waals surface area contributed by atoms with Crippen molar-refractivity contribution in [2.24, 2.45) is 0 Å². The molecular formula is C23H20ClN3O2. The Morgan fingerprint density at radius 2 is 1.86 bits per heavy atom. The molecule has 3 rings (SSSR count). The lowest BCUT2D eigenvalue weighted by atomic mass is 10.1. The van der Waals surface area contributed by atoms with Crippen LogP contribution in [0.4, 0.5) is 0 Å². The molecule has 0 bridgehead atoms. The highest BCUT2D eigenvalue weighted by Gasteiger charge is 2.11. The summed E-state index contributed by atoms with van der Waals surface area (Å²) in [4.78, 5) is 12.1. The SMILES string of the molecule is Cc1nn(Cc2ccccc2Cl)c(C)c1C=CC(=O)OCc1ccccc1C#N. The number of aryl methyl sites for hydroxylation is 1. The number of nitriles is 1. The van der Waals surface area contributed by atoms with Crippen molar-refractivity contribution >= 4 is 23.6 Å². The molecule has 3 aromatic rings. The van der Waals surface area contributed by atoms with Crippen molar-refractivity contribution in [3.05, 3.63) is 93.3 Å². The fourth-order valence-electron chi connectivity index (χ4n) is 3.00. The Morgan fingerprint density at radius 3 is 2.59 bits per heavy atom. The van der Waals surface area contributed by atoms with Crippen LogP contribution >= 0.6 is 11.6 Å². The summed E-state index contributed by atoms with van der Waals surface area (Å²) in [6, 6.07) is 16.8. The quantitative estimate of drug-likeness (QED) is 0.435. The number of carbonyl (C=O) groups is 1. The van der Waals surface area contributed by atoms with Crippen LogP contribution in [0.5, 0.6) is 0 Å². The Hall–Kier alpha value is -3.36. The fraction of sp³-hybridized carbons (Fsp3) is 0.174. The van der Waals surface area contributed by atoms with Gasteiger partial charge in [0.25, 0.3) is 0 Å². The van der Waals surface area contributed by atoms with Crippen LogP contribution in [0, 0.1) is 25.2 Å². The highest BCUT2D eigenvalue weighted by molar-refractivity contribution is 6.31. The number of ether oxygens (including phenoxy) is 1.